The van der Waals surface area contributed by atoms with Crippen LogP contribution in [-0.4, -0.2) is 18.3 Å². The molecule has 0 aromatic heterocycles. The third-order valence-electron chi connectivity index (χ3n) is 9.05. The van der Waals surface area contributed by atoms with Crippen molar-refractivity contribution in [2.45, 2.75) is 13.3 Å². The van der Waals surface area contributed by atoms with Crippen LogP contribution in [-0.2, 0) is 6.42 Å². The largest absolute Gasteiger partial charge is 0.491 e. The van der Waals surface area contributed by atoms with Gasteiger partial charge in [-0.05, 0) is 126 Å². The predicted octanol–water partition coefficient (Wildman–Crippen LogP) is 10.2. The van der Waals surface area contributed by atoms with Crippen molar-refractivity contribution in [1.82, 2.24) is 0 Å². The zero-order chi connectivity index (χ0) is 29.6. The van der Waals surface area contributed by atoms with Gasteiger partial charge in [0.1, 0.15) is 12.4 Å². The maximum absolute atomic E-state index is 9.28. The van der Waals surface area contributed by atoms with Crippen LogP contribution < -0.4 is 4.74 Å². The Kier molecular flexibility index (Phi) is 6.51. The van der Waals surface area contributed by atoms with Crippen LogP contribution in [0.3, 0.4) is 0 Å². The van der Waals surface area contributed by atoms with E-state index < -0.39 is 0 Å². The Morgan fingerprint density at radius 2 is 1.14 bits per heavy atom. The van der Waals surface area contributed by atoms with Gasteiger partial charge in [0.15, 0.2) is 0 Å². The molecule has 8 rings (SSSR count). The second kappa shape index (κ2) is 10.8. The van der Waals surface area contributed by atoms with E-state index in [9.17, 15) is 5.11 Å². The molecule has 0 heterocycles. The highest BCUT2D eigenvalue weighted by Crippen LogP contribution is 2.47. The fraction of sp³-hybridized carbons (Fsp3) is 0.0952. The molecule has 0 unspecified atom stereocenters. The van der Waals surface area contributed by atoms with Crippen molar-refractivity contribution in [3.63, 3.8) is 0 Å². The first kappa shape index (κ1) is 26.4. The second-order valence-electron chi connectivity index (χ2n) is 11.7. The Labute approximate surface area is 257 Å². The molecule has 1 aliphatic rings. The van der Waals surface area contributed by atoms with Crippen molar-refractivity contribution in [3.8, 4) is 50.3 Å². The number of aliphatic hydroxyl groups excluding tert-OH is 1. The molecule has 7 aromatic carbocycles. The number of fused-ring (bicyclic) bond motifs is 5. The highest BCUT2D eigenvalue weighted by Gasteiger charge is 2.25. The third-order valence-corrected chi connectivity index (χ3v) is 9.05. The minimum absolute atomic E-state index is 0.000792. The summed E-state index contributed by atoms with van der Waals surface area (Å²) in [5.41, 5.74) is 13.8. The maximum atomic E-state index is 9.28. The molecular formula is C42H32O2. The van der Waals surface area contributed by atoms with E-state index in [-0.39, 0.29) is 6.61 Å². The molecule has 1 N–H and O–H groups in total. The fourth-order valence-electron chi connectivity index (χ4n) is 6.94. The summed E-state index contributed by atoms with van der Waals surface area (Å²) >= 11 is 0. The van der Waals surface area contributed by atoms with Gasteiger partial charge in [0.2, 0.25) is 0 Å². The molecular weight excluding hydrogens is 536 g/mol. The van der Waals surface area contributed by atoms with E-state index in [1.165, 1.54) is 77.2 Å². The monoisotopic (exact) mass is 568 g/mol. The lowest BCUT2D eigenvalue weighted by Gasteiger charge is -2.16. The molecule has 0 fully saturated rings. The molecule has 0 saturated heterocycles. The normalized spacial score (nSPS) is 12.0. The van der Waals surface area contributed by atoms with Crippen molar-refractivity contribution in [1.29, 1.82) is 0 Å². The molecule has 212 valence electrons. The van der Waals surface area contributed by atoms with Gasteiger partial charge in [-0.15, -0.1) is 0 Å². The van der Waals surface area contributed by atoms with Gasteiger partial charge < -0.3 is 9.84 Å². The van der Waals surface area contributed by atoms with Crippen LogP contribution in [0.2, 0.25) is 0 Å². The number of hydrogen-bond donors (Lipinski definition) is 1. The van der Waals surface area contributed by atoms with Crippen LogP contribution in [0.4, 0.5) is 0 Å². The molecule has 0 spiro atoms. The number of hydrogen-bond acceptors (Lipinski definition) is 2. The summed E-state index contributed by atoms with van der Waals surface area (Å²) < 4.78 is 5.80. The summed E-state index contributed by atoms with van der Waals surface area (Å²) in [5, 5.41) is 14.3. The first-order valence-electron chi connectivity index (χ1n) is 15.3. The lowest BCUT2D eigenvalue weighted by atomic mass is 9.88. The molecule has 0 radical (unpaired) electrons. The van der Waals surface area contributed by atoms with Crippen molar-refractivity contribution < 1.29 is 9.84 Å². The van der Waals surface area contributed by atoms with Crippen LogP contribution in [0.5, 0.6) is 5.75 Å². The molecule has 0 bridgehead atoms. The zero-order valence-corrected chi connectivity index (χ0v) is 24.7. The molecule has 2 heteroatoms. The SMILES string of the molecule is Cc1cc(-c2cc(-c3cccc4ccccc34)cc3c2Cc2ccc(-c4cccc5ccccc45)cc2-3)ccc1OCCO. The highest BCUT2D eigenvalue weighted by atomic mass is 16.5. The Morgan fingerprint density at radius 1 is 0.545 bits per heavy atom. The number of aryl methyl sites for hydroxylation is 1. The van der Waals surface area contributed by atoms with Crippen LogP contribution in [0.15, 0.2) is 133 Å². The Morgan fingerprint density at radius 3 is 1.84 bits per heavy atom. The van der Waals surface area contributed by atoms with E-state index in [1.807, 2.05) is 6.07 Å². The molecule has 0 saturated carbocycles. The van der Waals surface area contributed by atoms with E-state index in [4.69, 9.17) is 4.74 Å². The van der Waals surface area contributed by atoms with Gasteiger partial charge in [-0.2, -0.15) is 0 Å². The van der Waals surface area contributed by atoms with E-state index in [1.54, 1.807) is 0 Å². The van der Waals surface area contributed by atoms with Gasteiger partial charge in [0.05, 0.1) is 6.61 Å². The minimum atomic E-state index is 0.000792. The van der Waals surface area contributed by atoms with Crippen molar-refractivity contribution in [3.05, 3.63) is 150 Å². The molecule has 7 aromatic rings. The van der Waals surface area contributed by atoms with Gasteiger partial charge in [0, 0.05) is 0 Å². The first-order valence-corrected chi connectivity index (χ1v) is 15.3. The highest BCUT2D eigenvalue weighted by molar-refractivity contribution is 6.01. The summed E-state index contributed by atoms with van der Waals surface area (Å²) in [6.07, 6.45) is 0.896. The summed E-state index contributed by atoms with van der Waals surface area (Å²) in [4.78, 5) is 0. The van der Waals surface area contributed by atoms with Crippen molar-refractivity contribution >= 4 is 21.5 Å². The summed E-state index contributed by atoms with van der Waals surface area (Å²) in [6.45, 7) is 2.37. The molecule has 0 amide bonds. The Hall–Kier alpha value is -5.18. The lowest BCUT2D eigenvalue weighted by Crippen LogP contribution is -2.02. The van der Waals surface area contributed by atoms with E-state index in [0.29, 0.717) is 6.61 Å². The third kappa shape index (κ3) is 4.47. The van der Waals surface area contributed by atoms with E-state index in [2.05, 4.69) is 134 Å². The van der Waals surface area contributed by atoms with Gasteiger partial charge in [-0.3, -0.25) is 0 Å². The van der Waals surface area contributed by atoms with E-state index in [0.717, 1.165) is 17.7 Å². The number of benzene rings is 7. The van der Waals surface area contributed by atoms with Gasteiger partial charge >= 0.3 is 0 Å². The van der Waals surface area contributed by atoms with Gasteiger partial charge in [-0.25, -0.2) is 0 Å². The zero-order valence-electron chi connectivity index (χ0n) is 24.7. The average molecular weight is 569 g/mol. The molecule has 0 atom stereocenters. The van der Waals surface area contributed by atoms with Crippen molar-refractivity contribution in [2.24, 2.45) is 0 Å². The molecule has 2 nitrogen and oxygen atoms in total. The quantitative estimate of drug-likeness (QED) is 0.216. The number of ether oxygens (including phenoxy) is 1. The standard InChI is InChI=1S/C42H32O2/c1-27-22-30(18-19-42(27)44-21-20-43)39-25-33(37-15-7-11-29-9-3-5-13-35(29)37)26-41-38-23-31(16-17-32(38)24-40(39)41)36-14-6-10-28-8-2-4-12-34(28)36/h2-19,22-23,25-26,43H,20-21,24H2,1H3. The first-order chi connectivity index (χ1) is 21.7. The molecule has 0 aliphatic heterocycles. The fourth-order valence-corrected chi connectivity index (χ4v) is 6.94. The van der Waals surface area contributed by atoms with Gasteiger partial charge in [-0.1, -0.05) is 103 Å². The van der Waals surface area contributed by atoms with Crippen LogP contribution >= 0.6 is 0 Å². The topological polar surface area (TPSA) is 29.5 Å². The Bertz CT molecular complexity index is 2200. The predicted molar refractivity (Wildman–Crippen MR) is 183 cm³/mol. The number of rotatable bonds is 6. The summed E-state index contributed by atoms with van der Waals surface area (Å²) in [6, 6.07) is 48.7. The molecule has 1 aliphatic carbocycles. The average Bonchev–Trinajstić information content (AvgIpc) is 3.44. The Balaban J connectivity index is 1.34. The smallest absolute Gasteiger partial charge is 0.122 e. The van der Waals surface area contributed by atoms with Gasteiger partial charge in [0.25, 0.3) is 0 Å². The molecule has 44 heavy (non-hydrogen) atoms. The van der Waals surface area contributed by atoms with Crippen LogP contribution in [0.1, 0.15) is 16.7 Å². The van der Waals surface area contributed by atoms with Crippen LogP contribution in [0, 0.1) is 6.92 Å². The summed E-state index contributed by atoms with van der Waals surface area (Å²) in [5.74, 6) is 0.813. The van der Waals surface area contributed by atoms with Crippen molar-refractivity contribution in [2.75, 3.05) is 13.2 Å². The lowest BCUT2D eigenvalue weighted by molar-refractivity contribution is 0.200. The minimum Gasteiger partial charge on any atom is -0.491 e. The summed E-state index contributed by atoms with van der Waals surface area (Å²) in [7, 11) is 0. The van der Waals surface area contributed by atoms with E-state index >= 15 is 0 Å². The number of aliphatic hydroxyl groups is 1. The maximum Gasteiger partial charge on any atom is 0.122 e. The van der Waals surface area contributed by atoms with Crippen LogP contribution in [0.25, 0.3) is 66.1 Å². The second-order valence-corrected chi connectivity index (χ2v) is 11.7.